The van der Waals surface area contributed by atoms with Crippen molar-refractivity contribution in [2.24, 2.45) is 0 Å². The van der Waals surface area contributed by atoms with Crippen LogP contribution in [0.2, 0.25) is 0 Å². The quantitative estimate of drug-likeness (QED) is 0.222. The van der Waals surface area contributed by atoms with E-state index < -0.39 is 33.4 Å². The first-order chi connectivity index (χ1) is 15.2. The molecule has 6 nitrogen and oxygen atoms in total. The van der Waals surface area contributed by atoms with Crippen LogP contribution < -0.4 is 16.7 Å². The van der Waals surface area contributed by atoms with Gasteiger partial charge in [0.05, 0.1) is 0 Å². The van der Waals surface area contributed by atoms with Gasteiger partial charge < -0.3 is 0 Å². The normalized spacial score (nSPS) is 12.6. The Kier molecular flexibility index (Phi) is 10.2. The molecule has 0 saturated carbocycles. The molecule has 0 aliphatic heterocycles. The van der Waals surface area contributed by atoms with Crippen LogP contribution in [0.4, 0.5) is 0 Å². The number of esters is 2. The summed E-state index contributed by atoms with van der Waals surface area (Å²) in [5, 5.41) is 0. The number of hydrogen-bond acceptors (Lipinski definition) is 6. The third-order valence-corrected chi connectivity index (χ3v) is 22.4. The molecule has 0 fully saturated rings. The van der Waals surface area contributed by atoms with Crippen molar-refractivity contribution in [2.45, 2.75) is 52.7 Å². The number of rotatable bonds is 8. The van der Waals surface area contributed by atoms with Gasteiger partial charge in [0, 0.05) is 0 Å². The van der Waals surface area contributed by atoms with E-state index in [-0.39, 0.29) is 13.2 Å². The zero-order chi connectivity index (χ0) is 24.9. The number of carbonyl (C=O) groups is 2. The molecule has 0 bridgehead atoms. The van der Waals surface area contributed by atoms with E-state index in [4.69, 9.17) is 18.9 Å². The summed E-state index contributed by atoms with van der Waals surface area (Å²) in [7, 11) is -2.63. The summed E-state index contributed by atoms with van der Waals surface area (Å²) in [5.41, 5.74) is -1.06. The van der Waals surface area contributed by atoms with Gasteiger partial charge in [-0.3, -0.25) is 0 Å². The molecule has 0 unspecified atom stereocenters. The van der Waals surface area contributed by atoms with Crippen molar-refractivity contribution in [1.82, 2.24) is 0 Å². The molecule has 2 rings (SSSR count). The number of halogens is 2. The fourth-order valence-electron chi connectivity index (χ4n) is 2.58. The van der Waals surface area contributed by atoms with Crippen molar-refractivity contribution in [3.05, 3.63) is 48.5 Å². The molecule has 0 spiro atoms. The van der Waals surface area contributed by atoms with E-state index in [1.54, 1.807) is 0 Å². The van der Waals surface area contributed by atoms with Crippen LogP contribution in [-0.4, -0.2) is 46.6 Å². The average molecular weight is 796 g/mol. The molecule has 0 saturated heterocycles. The molecule has 0 atom stereocenters. The molecule has 33 heavy (non-hydrogen) atoms. The molecule has 2 aromatic carbocycles. The maximum atomic E-state index is 11.8. The van der Waals surface area contributed by atoms with Crippen LogP contribution in [0.1, 0.15) is 41.5 Å². The van der Waals surface area contributed by atoms with E-state index in [9.17, 15) is 9.59 Å². The third kappa shape index (κ3) is 10.2. The van der Waals surface area contributed by atoms with Gasteiger partial charge in [-0.15, -0.1) is 0 Å². The minimum atomic E-state index is -2.63. The molecule has 0 N–H and O–H groups in total. The second kappa shape index (κ2) is 11.8. The standard InChI is InChI=1S/C24H30I2O6Te/c1-23(2,3)31-21(27)15-29-17-7-11-19(12-8-17)33(25,26)20-13-9-18(10-14-20)30-16-22(28)32-24(4,5)6/h7-14H,15-16H2,1-6H3. The van der Waals surface area contributed by atoms with Gasteiger partial charge >= 0.3 is 221 Å². The van der Waals surface area contributed by atoms with Gasteiger partial charge in [-0.25, -0.2) is 0 Å². The molecule has 0 aromatic heterocycles. The van der Waals surface area contributed by atoms with E-state index >= 15 is 0 Å². The van der Waals surface area contributed by atoms with Crippen LogP contribution in [0.25, 0.3) is 0 Å². The van der Waals surface area contributed by atoms with Crippen molar-refractivity contribution in [3.8, 4) is 11.5 Å². The first-order valence-electron chi connectivity index (χ1n) is 10.3. The van der Waals surface area contributed by atoms with Crippen molar-refractivity contribution in [1.29, 1.82) is 0 Å². The Morgan fingerprint density at radius 2 is 0.970 bits per heavy atom. The van der Waals surface area contributed by atoms with Crippen LogP contribution in [0.15, 0.2) is 48.5 Å². The second-order valence-electron chi connectivity index (χ2n) is 9.16. The molecule has 9 heteroatoms. The molecule has 0 heterocycles. The Morgan fingerprint density at radius 1 is 0.667 bits per heavy atom. The summed E-state index contributed by atoms with van der Waals surface area (Å²) in [5.74, 6) is 0.467. The van der Waals surface area contributed by atoms with Crippen LogP contribution >= 0.6 is 37.4 Å². The first-order valence-corrected chi connectivity index (χ1v) is 26.2. The van der Waals surface area contributed by atoms with Crippen LogP contribution in [0.3, 0.4) is 0 Å². The summed E-state index contributed by atoms with van der Waals surface area (Å²) in [6.07, 6.45) is 0. The van der Waals surface area contributed by atoms with Crippen LogP contribution in [0, 0.1) is 0 Å². The summed E-state index contributed by atoms with van der Waals surface area (Å²) in [4.78, 5) is 23.7. The van der Waals surface area contributed by atoms with Gasteiger partial charge in [-0.05, 0) is 0 Å². The van der Waals surface area contributed by atoms with Crippen molar-refractivity contribution in [3.63, 3.8) is 0 Å². The Labute approximate surface area is 219 Å². The maximum absolute atomic E-state index is 11.8. The van der Waals surface area contributed by atoms with E-state index in [1.165, 1.54) is 7.22 Å². The number of ether oxygens (including phenoxy) is 4. The molecule has 0 radical (unpaired) electrons. The zero-order valence-electron chi connectivity index (χ0n) is 19.6. The Hall–Kier alpha value is -0.770. The van der Waals surface area contributed by atoms with Gasteiger partial charge in [0.1, 0.15) is 0 Å². The predicted octanol–water partition coefficient (Wildman–Crippen LogP) is 4.55. The molecular formula is C24H30I2O6Te. The summed E-state index contributed by atoms with van der Waals surface area (Å²) in [6.45, 7) is 10.7. The van der Waals surface area contributed by atoms with Gasteiger partial charge in [0.15, 0.2) is 0 Å². The first kappa shape index (κ1) is 28.5. The predicted molar refractivity (Wildman–Crippen MR) is 149 cm³/mol. The van der Waals surface area contributed by atoms with Gasteiger partial charge in [-0.1, -0.05) is 0 Å². The SMILES string of the molecule is CC(C)(C)OC(=O)COc1ccc([Te](I)(I)c2ccc(OCC(=O)OC(C)(C)C)cc2)cc1. The minimum absolute atomic E-state index is 0.122. The Morgan fingerprint density at radius 3 is 1.24 bits per heavy atom. The summed E-state index contributed by atoms with van der Waals surface area (Å²) < 4.78 is 24.2. The van der Waals surface area contributed by atoms with Crippen molar-refractivity contribution in [2.75, 3.05) is 13.2 Å². The van der Waals surface area contributed by atoms with E-state index in [0.29, 0.717) is 11.5 Å². The molecular weight excluding hydrogens is 766 g/mol. The fourth-order valence-corrected chi connectivity index (χ4v) is 14.0. The third-order valence-electron chi connectivity index (χ3n) is 3.79. The van der Waals surface area contributed by atoms with Crippen LogP contribution in [-0.2, 0) is 19.1 Å². The topological polar surface area (TPSA) is 71.1 Å². The van der Waals surface area contributed by atoms with Crippen LogP contribution in [0.5, 0.6) is 11.5 Å². The molecule has 0 aliphatic rings. The van der Waals surface area contributed by atoms with E-state index in [2.05, 4.69) is 61.7 Å². The molecule has 0 amide bonds. The summed E-state index contributed by atoms with van der Waals surface area (Å²) in [6, 6.07) is 15.8. The van der Waals surface area contributed by atoms with E-state index in [0.717, 1.165) is 0 Å². The summed E-state index contributed by atoms with van der Waals surface area (Å²) >= 11 is 5.14. The molecule has 2 aromatic rings. The zero-order valence-corrected chi connectivity index (χ0v) is 26.3. The number of benzene rings is 2. The van der Waals surface area contributed by atoms with Crippen molar-refractivity contribution < 1.29 is 28.5 Å². The fraction of sp³-hybridized carbons (Fsp3) is 0.417. The van der Waals surface area contributed by atoms with Crippen molar-refractivity contribution >= 4 is 66.8 Å². The molecule has 0 aliphatic carbocycles. The second-order valence-corrected chi connectivity index (χ2v) is 43.6. The molecule has 182 valence electrons. The van der Waals surface area contributed by atoms with E-state index in [1.807, 2.05) is 65.8 Å². The average Bonchev–Trinajstić information content (AvgIpc) is 2.69. The van der Waals surface area contributed by atoms with Gasteiger partial charge in [-0.2, -0.15) is 0 Å². The number of carbonyl (C=O) groups excluding carboxylic acids is 2. The van der Waals surface area contributed by atoms with Gasteiger partial charge in [0.25, 0.3) is 0 Å². The monoisotopic (exact) mass is 798 g/mol. The Bertz CT molecular complexity index is 867. The Balaban J connectivity index is 1.97. The number of hydrogen-bond donors (Lipinski definition) is 0. The van der Waals surface area contributed by atoms with Gasteiger partial charge in [0.2, 0.25) is 0 Å².